The summed E-state index contributed by atoms with van der Waals surface area (Å²) in [5, 5.41) is 5.65. The lowest BCUT2D eigenvalue weighted by molar-refractivity contribution is -0.122. The third-order valence-electron chi connectivity index (χ3n) is 6.68. The molecule has 4 rings (SSSR count). The van der Waals surface area contributed by atoms with E-state index in [1.807, 2.05) is 24.3 Å². The lowest BCUT2D eigenvalue weighted by Crippen LogP contribution is -2.42. The van der Waals surface area contributed by atoms with Crippen LogP contribution in [0.3, 0.4) is 0 Å². The number of rotatable bonds is 8. The van der Waals surface area contributed by atoms with Gasteiger partial charge >= 0.3 is 0 Å². The van der Waals surface area contributed by atoms with Gasteiger partial charge in [0, 0.05) is 32.1 Å². The molecule has 1 aliphatic heterocycles. The van der Waals surface area contributed by atoms with Crippen LogP contribution in [0.15, 0.2) is 65.1 Å². The number of amides is 2. The number of nitrogens with one attached hydrogen (secondary N) is 2. The highest BCUT2D eigenvalue weighted by molar-refractivity contribution is 7.89. The average molecular weight is 496 g/mol. The number of hydrogen-bond acceptors (Lipinski definition) is 4. The predicted octanol–water partition coefficient (Wildman–Crippen LogP) is 4.33. The van der Waals surface area contributed by atoms with E-state index in [1.165, 1.54) is 41.8 Å². The molecular weight excluding hydrogens is 462 g/mol. The molecular formula is C27H33N3O4S. The summed E-state index contributed by atoms with van der Waals surface area (Å²) in [6.45, 7) is 2.27. The molecule has 35 heavy (non-hydrogen) atoms. The molecule has 0 unspecified atom stereocenters. The molecule has 0 radical (unpaired) electrons. The van der Waals surface area contributed by atoms with E-state index in [1.54, 1.807) is 12.1 Å². The quantitative estimate of drug-likeness (QED) is 0.533. The van der Waals surface area contributed by atoms with Crippen LogP contribution in [0, 0.1) is 0 Å². The SMILES string of the molecule is CC(=O)Nc1ccc(S(=O)(=O)N2CCc3ccccc3[C@H]2CC(=O)NCCC2=CCCCC2)cc1. The fraction of sp³-hybridized carbons (Fsp3) is 0.407. The summed E-state index contributed by atoms with van der Waals surface area (Å²) in [7, 11) is -3.85. The van der Waals surface area contributed by atoms with Gasteiger partial charge in [-0.25, -0.2) is 8.42 Å². The summed E-state index contributed by atoms with van der Waals surface area (Å²) in [5.74, 6) is -0.372. The molecule has 0 saturated carbocycles. The van der Waals surface area contributed by atoms with E-state index in [0.29, 0.717) is 25.2 Å². The van der Waals surface area contributed by atoms with Crippen LogP contribution in [-0.2, 0) is 26.0 Å². The third kappa shape index (κ3) is 6.18. The van der Waals surface area contributed by atoms with Gasteiger partial charge in [0.1, 0.15) is 0 Å². The van der Waals surface area contributed by atoms with Crippen LogP contribution in [0.5, 0.6) is 0 Å². The Hall–Kier alpha value is -2.97. The second-order valence-electron chi connectivity index (χ2n) is 9.20. The Kier molecular flexibility index (Phi) is 8.03. The zero-order chi connectivity index (χ0) is 24.8. The molecule has 7 nitrogen and oxygen atoms in total. The van der Waals surface area contributed by atoms with Gasteiger partial charge < -0.3 is 10.6 Å². The third-order valence-corrected chi connectivity index (χ3v) is 8.60. The first-order valence-corrected chi connectivity index (χ1v) is 13.7. The van der Waals surface area contributed by atoms with Crippen molar-refractivity contribution in [3.8, 4) is 0 Å². The maximum atomic E-state index is 13.6. The lowest BCUT2D eigenvalue weighted by Gasteiger charge is -2.36. The van der Waals surface area contributed by atoms with Gasteiger partial charge in [-0.15, -0.1) is 0 Å². The minimum Gasteiger partial charge on any atom is -0.356 e. The molecule has 186 valence electrons. The minimum absolute atomic E-state index is 0.0687. The largest absolute Gasteiger partial charge is 0.356 e. The van der Waals surface area contributed by atoms with Gasteiger partial charge in [0.05, 0.1) is 10.9 Å². The fourth-order valence-corrected chi connectivity index (χ4v) is 6.52. The predicted molar refractivity (Wildman–Crippen MR) is 136 cm³/mol. The van der Waals surface area contributed by atoms with Crippen molar-refractivity contribution in [3.05, 3.63) is 71.3 Å². The van der Waals surface area contributed by atoms with E-state index in [9.17, 15) is 18.0 Å². The average Bonchev–Trinajstić information content (AvgIpc) is 2.85. The molecule has 8 heteroatoms. The summed E-state index contributed by atoms with van der Waals surface area (Å²) in [5.41, 5.74) is 3.88. The Morgan fingerprint density at radius 1 is 1.03 bits per heavy atom. The molecule has 2 aliphatic rings. The zero-order valence-electron chi connectivity index (χ0n) is 20.1. The van der Waals surface area contributed by atoms with Gasteiger partial charge in [-0.3, -0.25) is 9.59 Å². The zero-order valence-corrected chi connectivity index (χ0v) is 20.9. The van der Waals surface area contributed by atoms with E-state index >= 15 is 0 Å². The number of nitrogens with zero attached hydrogens (tertiary/aromatic N) is 1. The van der Waals surface area contributed by atoms with Crippen LogP contribution in [0.25, 0.3) is 0 Å². The molecule has 2 aromatic rings. The topological polar surface area (TPSA) is 95.6 Å². The number of carbonyl (C=O) groups excluding carboxylic acids is 2. The van der Waals surface area contributed by atoms with E-state index in [-0.39, 0.29) is 23.1 Å². The van der Waals surface area contributed by atoms with Crippen molar-refractivity contribution < 1.29 is 18.0 Å². The van der Waals surface area contributed by atoms with E-state index in [0.717, 1.165) is 30.4 Å². The van der Waals surface area contributed by atoms with Crippen molar-refractivity contribution in [1.82, 2.24) is 9.62 Å². The highest BCUT2D eigenvalue weighted by Gasteiger charge is 2.37. The monoisotopic (exact) mass is 495 g/mol. The lowest BCUT2D eigenvalue weighted by atomic mass is 9.92. The van der Waals surface area contributed by atoms with Gasteiger partial charge in [0.15, 0.2) is 0 Å². The molecule has 1 atom stereocenters. The fourth-order valence-electron chi connectivity index (χ4n) is 4.92. The van der Waals surface area contributed by atoms with E-state index in [4.69, 9.17) is 0 Å². The minimum atomic E-state index is -3.85. The van der Waals surface area contributed by atoms with Crippen molar-refractivity contribution >= 4 is 27.5 Å². The summed E-state index contributed by atoms with van der Waals surface area (Å²) in [6, 6.07) is 13.3. The standard InChI is InChI=1S/C27H33N3O4S/c1-20(31)29-23-11-13-24(14-12-23)35(33,34)30-18-16-22-9-5-6-10-25(22)26(30)19-27(32)28-17-15-21-7-3-2-4-8-21/h5-7,9-14,26H,2-4,8,15-19H2,1H3,(H,28,32)(H,29,31)/t26-/m1/s1. The second kappa shape index (κ2) is 11.2. The van der Waals surface area contributed by atoms with Crippen molar-refractivity contribution in [1.29, 1.82) is 0 Å². The van der Waals surface area contributed by atoms with E-state index in [2.05, 4.69) is 16.7 Å². The maximum absolute atomic E-state index is 13.6. The van der Waals surface area contributed by atoms with Gasteiger partial charge in [0.2, 0.25) is 21.8 Å². The highest BCUT2D eigenvalue weighted by Crippen LogP contribution is 2.36. The van der Waals surface area contributed by atoms with Crippen molar-refractivity contribution in [2.75, 3.05) is 18.4 Å². The van der Waals surface area contributed by atoms with Crippen LogP contribution in [-0.4, -0.2) is 37.6 Å². The summed E-state index contributed by atoms with van der Waals surface area (Å²) >= 11 is 0. The number of fused-ring (bicyclic) bond motifs is 1. The van der Waals surface area contributed by atoms with Gasteiger partial charge in [-0.2, -0.15) is 4.31 Å². The van der Waals surface area contributed by atoms with Crippen LogP contribution in [0.4, 0.5) is 5.69 Å². The molecule has 2 amide bonds. The summed E-state index contributed by atoms with van der Waals surface area (Å²) in [6.07, 6.45) is 8.42. The van der Waals surface area contributed by atoms with Crippen LogP contribution >= 0.6 is 0 Å². The van der Waals surface area contributed by atoms with E-state index < -0.39 is 16.1 Å². The maximum Gasteiger partial charge on any atom is 0.243 e. The number of carbonyl (C=O) groups is 2. The molecule has 1 heterocycles. The molecule has 0 bridgehead atoms. The number of allylic oxidation sites excluding steroid dienone is 1. The smallest absolute Gasteiger partial charge is 0.243 e. The highest BCUT2D eigenvalue weighted by atomic mass is 32.2. The Labute approximate surface area is 207 Å². The number of hydrogen-bond donors (Lipinski definition) is 2. The molecule has 2 N–H and O–H groups in total. The molecule has 1 aliphatic carbocycles. The van der Waals surface area contributed by atoms with Gasteiger partial charge in [-0.05, 0) is 73.9 Å². The molecule has 0 spiro atoms. The van der Waals surface area contributed by atoms with Crippen LogP contribution in [0.2, 0.25) is 0 Å². The normalized spacial score (nSPS) is 18.3. The van der Waals surface area contributed by atoms with Gasteiger partial charge in [-0.1, -0.05) is 35.9 Å². The Bertz CT molecular complexity index is 1210. The molecule has 0 aromatic heterocycles. The number of anilines is 1. The molecule has 2 aromatic carbocycles. The first-order valence-electron chi connectivity index (χ1n) is 12.3. The Balaban J connectivity index is 1.51. The van der Waals surface area contributed by atoms with Crippen LogP contribution < -0.4 is 10.6 Å². The first kappa shape index (κ1) is 25.1. The van der Waals surface area contributed by atoms with Crippen molar-refractivity contribution in [2.45, 2.75) is 62.8 Å². The molecule has 0 saturated heterocycles. The number of sulfonamides is 1. The Morgan fingerprint density at radius 3 is 2.51 bits per heavy atom. The van der Waals surface area contributed by atoms with Crippen LogP contribution in [0.1, 0.15) is 62.6 Å². The first-order chi connectivity index (χ1) is 16.8. The summed E-state index contributed by atoms with van der Waals surface area (Å²) < 4.78 is 28.7. The van der Waals surface area contributed by atoms with Crippen molar-refractivity contribution in [3.63, 3.8) is 0 Å². The molecule has 0 fully saturated rings. The second-order valence-corrected chi connectivity index (χ2v) is 11.1. The number of benzene rings is 2. The van der Waals surface area contributed by atoms with Crippen molar-refractivity contribution in [2.24, 2.45) is 0 Å². The summed E-state index contributed by atoms with van der Waals surface area (Å²) in [4.78, 5) is 24.4. The van der Waals surface area contributed by atoms with Gasteiger partial charge in [0.25, 0.3) is 0 Å². The Morgan fingerprint density at radius 2 is 1.80 bits per heavy atom.